The number of ether oxygens (including phenoxy) is 2. The van der Waals surface area contributed by atoms with Crippen LogP contribution in [0.4, 0.5) is 15.8 Å². The summed E-state index contributed by atoms with van der Waals surface area (Å²) in [7, 11) is 0. The van der Waals surface area contributed by atoms with Crippen molar-refractivity contribution >= 4 is 34.6 Å². The number of nitrogens with zero attached hydrogens (tertiary/aromatic N) is 1. The van der Waals surface area contributed by atoms with Crippen molar-refractivity contribution in [2.45, 2.75) is 6.92 Å². The number of benzene rings is 2. The maximum atomic E-state index is 13.8. The molecule has 1 amide bonds. The molecule has 0 bridgehead atoms. The summed E-state index contributed by atoms with van der Waals surface area (Å²) in [4.78, 5) is 22.3. The minimum absolute atomic E-state index is 0.193. The van der Waals surface area contributed by atoms with Crippen LogP contribution in [-0.4, -0.2) is 35.8 Å². The van der Waals surface area contributed by atoms with Gasteiger partial charge in [0.25, 0.3) is 11.6 Å². The van der Waals surface area contributed by atoms with Crippen LogP contribution >= 0.6 is 12.2 Å². The molecule has 0 aliphatic carbocycles. The Kier molecular flexibility index (Phi) is 7.78. The highest BCUT2D eigenvalue weighted by Crippen LogP contribution is 2.21. The van der Waals surface area contributed by atoms with E-state index in [1.54, 1.807) is 24.3 Å². The number of carbonyl (C=O) groups excluding carboxylic acids is 1. The van der Waals surface area contributed by atoms with Crippen molar-refractivity contribution in [2.24, 2.45) is 0 Å². The Morgan fingerprint density at radius 1 is 1.21 bits per heavy atom. The van der Waals surface area contributed by atoms with Crippen molar-refractivity contribution in [3.8, 4) is 5.75 Å². The highest BCUT2D eigenvalue weighted by atomic mass is 32.1. The quantitative estimate of drug-likeness (QED) is 0.300. The lowest BCUT2D eigenvalue weighted by Crippen LogP contribution is -2.34. The lowest BCUT2D eigenvalue weighted by atomic mass is 10.2. The molecule has 0 saturated carbocycles. The van der Waals surface area contributed by atoms with Gasteiger partial charge in [-0.3, -0.25) is 20.2 Å². The SMILES string of the molecule is CCOCCOc1ccc(C(=O)NC(=S)Nc2cc([N+](=O)[O-])ccc2F)cc1. The van der Waals surface area contributed by atoms with Crippen molar-refractivity contribution in [3.63, 3.8) is 0 Å². The molecule has 0 aromatic heterocycles. The van der Waals surface area contributed by atoms with Gasteiger partial charge >= 0.3 is 0 Å². The summed E-state index contributed by atoms with van der Waals surface area (Å²) in [6.45, 7) is 3.35. The largest absolute Gasteiger partial charge is 0.491 e. The van der Waals surface area contributed by atoms with Gasteiger partial charge < -0.3 is 14.8 Å². The summed E-state index contributed by atoms with van der Waals surface area (Å²) in [5.41, 5.74) is -0.212. The second kappa shape index (κ2) is 10.3. The number of amides is 1. The van der Waals surface area contributed by atoms with E-state index in [0.717, 1.165) is 18.2 Å². The average molecular weight is 407 g/mol. The molecule has 28 heavy (non-hydrogen) atoms. The fourth-order valence-corrected chi connectivity index (χ4v) is 2.32. The molecular weight excluding hydrogens is 389 g/mol. The number of nitrogens with one attached hydrogen (secondary N) is 2. The van der Waals surface area contributed by atoms with Gasteiger partial charge in [0.2, 0.25) is 0 Å². The minimum Gasteiger partial charge on any atom is -0.491 e. The summed E-state index contributed by atoms with van der Waals surface area (Å²) >= 11 is 4.97. The molecular formula is C18H18FN3O5S. The number of hydrogen-bond acceptors (Lipinski definition) is 6. The van der Waals surface area contributed by atoms with Crippen LogP contribution in [0.1, 0.15) is 17.3 Å². The lowest BCUT2D eigenvalue weighted by molar-refractivity contribution is -0.384. The normalized spacial score (nSPS) is 10.2. The van der Waals surface area contributed by atoms with Gasteiger partial charge in [0.1, 0.15) is 18.2 Å². The van der Waals surface area contributed by atoms with Crippen LogP contribution in [0.25, 0.3) is 0 Å². The van der Waals surface area contributed by atoms with E-state index >= 15 is 0 Å². The van der Waals surface area contributed by atoms with Crippen molar-refractivity contribution in [2.75, 3.05) is 25.1 Å². The van der Waals surface area contributed by atoms with Crippen LogP contribution in [0.15, 0.2) is 42.5 Å². The molecule has 0 saturated heterocycles. The zero-order valence-electron chi connectivity index (χ0n) is 14.9. The smallest absolute Gasteiger partial charge is 0.271 e. The van der Waals surface area contributed by atoms with Gasteiger partial charge in [-0.05, 0) is 49.5 Å². The van der Waals surface area contributed by atoms with Gasteiger partial charge in [0.15, 0.2) is 5.11 Å². The Balaban J connectivity index is 1.92. The van der Waals surface area contributed by atoms with Gasteiger partial charge in [0.05, 0.1) is 17.2 Å². The summed E-state index contributed by atoms with van der Waals surface area (Å²) in [5, 5.41) is 15.4. The third-order valence-electron chi connectivity index (χ3n) is 3.45. The molecule has 0 unspecified atom stereocenters. The summed E-state index contributed by atoms with van der Waals surface area (Å²) in [6.07, 6.45) is 0. The third-order valence-corrected chi connectivity index (χ3v) is 3.66. The topological polar surface area (TPSA) is 103 Å². The van der Waals surface area contributed by atoms with Crippen molar-refractivity contribution in [1.82, 2.24) is 5.32 Å². The number of carbonyl (C=O) groups is 1. The second-order valence-corrected chi connectivity index (χ2v) is 5.81. The maximum Gasteiger partial charge on any atom is 0.271 e. The first-order chi connectivity index (χ1) is 13.4. The molecule has 2 rings (SSSR count). The molecule has 0 spiro atoms. The van der Waals surface area contributed by atoms with E-state index in [4.69, 9.17) is 21.7 Å². The second-order valence-electron chi connectivity index (χ2n) is 5.40. The Hall–Kier alpha value is -3.11. The van der Waals surface area contributed by atoms with Gasteiger partial charge in [-0.25, -0.2) is 4.39 Å². The molecule has 2 aromatic carbocycles. The molecule has 10 heteroatoms. The molecule has 0 fully saturated rings. The van der Waals surface area contributed by atoms with Crippen LogP contribution < -0.4 is 15.4 Å². The van der Waals surface area contributed by atoms with E-state index in [0.29, 0.717) is 31.1 Å². The molecule has 0 radical (unpaired) electrons. The predicted molar refractivity (Wildman–Crippen MR) is 105 cm³/mol. The number of rotatable bonds is 8. The Morgan fingerprint density at radius 2 is 1.93 bits per heavy atom. The zero-order valence-corrected chi connectivity index (χ0v) is 15.8. The van der Waals surface area contributed by atoms with Crippen LogP contribution in [0.2, 0.25) is 0 Å². The van der Waals surface area contributed by atoms with Gasteiger partial charge in [-0.15, -0.1) is 0 Å². The monoisotopic (exact) mass is 407 g/mol. The van der Waals surface area contributed by atoms with E-state index < -0.39 is 16.6 Å². The highest BCUT2D eigenvalue weighted by molar-refractivity contribution is 7.80. The molecule has 148 valence electrons. The van der Waals surface area contributed by atoms with Crippen LogP contribution in [-0.2, 0) is 4.74 Å². The first-order valence-corrected chi connectivity index (χ1v) is 8.68. The fourth-order valence-electron chi connectivity index (χ4n) is 2.12. The number of hydrogen-bond donors (Lipinski definition) is 2. The highest BCUT2D eigenvalue weighted by Gasteiger charge is 2.13. The van der Waals surface area contributed by atoms with E-state index in [-0.39, 0.29) is 16.5 Å². The Bertz CT molecular complexity index is 861. The zero-order chi connectivity index (χ0) is 20.5. The number of halogens is 1. The predicted octanol–water partition coefficient (Wildman–Crippen LogP) is 3.28. The molecule has 0 aliphatic rings. The molecule has 0 heterocycles. The fraction of sp³-hybridized carbons (Fsp3) is 0.222. The number of nitro groups is 1. The van der Waals surface area contributed by atoms with E-state index in [1.807, 2.05) is 6.92 Å². The third kappa shape index (κ3) is 6.25. The van der Waals surface area contributed by atoms with Crippen molar-refractivity contribution in [1.29, 1.82) is 0 Å². The van der Waals surface area contributed by atoms with Crippen molar-refractivity contribution in [3.05, 3.63) is 64.0 Å². The molecule has 2 aromatic rings. The Morgan fingerprint density at radius 3 is 2.57 bits per heavy atom. The summed E-state index contributed by atoms with van der Waals surface area (Å²) in [6, 6.07) is 9.29. The first kappa shape index (κ1) is 21.2. The molecule has 0 atom stereocenters. The lowest BCUT2D eigenvalue weighted by Gasteiger charge is -2.11. The summed E-state index contributed by atoms with van der Waals surface area (Å²) in [5.74, 6) is -0.685. The van der Waals surface area contributed by atoms with Crippen LogP contribution in [0.5, 0.6) is 5.75 Å². The standard InChI is InChI=1S/C18H18FN3O5S/c1-2-26-9-10-27-14-6-3-12(4-7-14)17(23)21-18(28)20-16-11-13(22(24)25)5-8-15(16)19/h3-8,11H,2,9-10H2,1H3,(H2,20,21,23,28). The van der Waals surface area contributed by atoms with E-state index in [2.05, 4.69) is 10.6 Å². The average Bonchev–Trinajstić information content (AvgIpc) is 2.67. The number of non-ortho nitro benzene ring substituents is 1. The maximum absolute atomic E-state index is 13.8. The molecule has 2 N–H and O–H groups in total. The van der Waals surface area contributed by atoms with E-state index in [9.17, 15) is 19.3 Å². The molecule has 8 nitrogen and oxygen atoms in total. The minimum atomic E-state index is -0.740. The molecule has 0 aliphatic heterocycles. The van der Waals surface area contributed by atoms with E-state index in [1.165, 1.54) is 0 Å². The number of nitro benzene ring substituents is 1. The first-order valence-electron chi connectivity index (χ1n) is 8.27. The van der Waals surface area contributed by atoms with Gasteiger partial charge in [-0.1, -0.05) is 0 Å². The number of thiocarbonyl (C=S) groups is 1. The van der Waals surface area contributed by atoms with Crippen molar-refractivity contribution < 1.29 is 23.6 Å². The number of anilines is 1. The van der Waals surface area contributed by atoms with Crippen LogP contribution in [0, 0.1) is 15.9 Å². The van der Waals surface area contributed by atoms with Gasteiger partial charge in [0, 0.05) is 24.3 Å². The van der Waals surface area contributed by atoms with Gasteiger partial charge in [-0.2, -0.15) is 0 Å². The Labute approximate surface area is 165 Å². The summed E-state index contributed by atoms with van der Waals surface area (Å²) < 4.78 is 24.4. The van der Waals surface area contributed by atoms with Crippen LogP contribution in [0.3, 0.4) is 0 Å².